The topological polar surface area (TPSA) is 80.9 Å². The first kappa shape index (κ1) is 23.0. The minimum Gasteiger partial charge on any atom is -0.464 e. The highest BCUT2D eigenvalue weighted by molar-refractivity contribution is 5.99. The van der Waals surface area contributed by atoms with Crippen LogP contribution in [0.25, 0.3) is 33.0 Å². The molecule has 0 aliphatic carbocycles. The van der Waals surface area contributed by atoms with Crippen LogP contribution in [0.5, 0.6) is 6.01 Å². The van der Waals surface area contributed by atoms with Gasteiger partial charge in [-0.1, -0.05) is 38.1 Å². The Balaban J connectivity index is 1.51. The van der Waals surface area contributed by atoms with Gasteiger partial charge >= 0.3 is 12.1 Å². The van der Waals surface area contributed by atoms with E-state index in [1.165, 1.54) is 0 Å². The van der Waals surface area contributed by atoms with Crippen LogP contribution in [0.4, 0.5) is 10.6 Å². The summed E-state index contributed by atoms with van der Waals surface area (Å²) in [5.41, 5.74) is 3.79. The average molecular weight is 475 g/mol. The predicted octanol–water partition coefficient (Wildman–Crippen LogP) is 5.50. The van der Waals surface area contributed by atoms with Crippen molar-refractivity contribution in [2.75, 3.05) is 44.3 Å². The van der Waals surface area contributed by atoms with E-state index in [4.69, 9.17) is 18.9 Å². The predicted molar refractivity (Wildman–Crippen MR) is 136 cm³/mol. The van der Waals surface area contributed by atoms with Crippen LogP contribution in [-0.2, 0) is 4.74 Å². The van der Waals surface area contributed by atoms with Crippen molar-refractivity contribution in [2.45, 2.75) is 26.7 Å². The standard InChI is InChI=1S/C27H30N4O4/c1-3-11-30(12-4-2)25-21-17-19(22-18-35-24-8-6-5-7-20(22)24)9-10-23(21)28-26(29-25)33-15-13-31-14-16-34-27(31)32/h5-10,17-18H,3-4,11-16H2,1-2H3. The Morgan fingerprint density at radius 2 is 1.89 bits per heavy atom. The molecule has 0 atom stereocenters. The van der Waals surface area contributed by atoms with E-state index in [1.54, 1.807) is 4.90 Å². The maximum atomic E-state index is 11.7. The molecule has 1 aliphatic rings. The maximum Gasteiger partial charge on any atom is 0.410 e. The van der Waals surface area contributed by atoms with E-state index >= 15 is 0 Å². The molecule has 2 aromatic heterocycles. The molecule has 5 rings (SSSR count). The molecular weight excluding hydrogens is 444 g/mol. The van der Waals surface area contributed by atoms with Crippen molar-refractivity contribution in [2.24, 2.45) is 0 Å². The SMILES string of the molecule is CCCN(CCC)c1nc(OCCN2CCOC2=O)nc2ccc(-c3coc4ccccc34)cc12. The summed E-state index contributed by atoms with van der Waals surface area (Å²) in [6, 6.07) is 14.6. The van der Waals surface area contributed by atoms with Crippen molar-refractivity contribution < 1.29 is 18.7 Å². The molecule has 4 aromatic rings. The van der Waals surface area contributed by atoms with E-state index < -0.39 is 0 Å². The number of aromatic nitrogens is 2. The molecule has 0 N–H and O–H groups in total. The van der Waals surface area contributed by atoms with E-state index in [9.17, 15) is 4.79 Å². The van der Waals surface area contributed by atoms with E-state index in [0.717, 1.165) is 64.7 Å². The van der Waals surface area contributed by atoms with Gasteiger partial charge in [-0.3, -0.25) is 0 Å². The van der Waals surface area contributed by atoms with Crippen LogP contribution in [0.1, 0.15) is 26.7 Å². The van der Waals surface area contributed by atoms with Crippen molar-refractivity contribution in [3.8, 4) is 17.1 Å². The van der Waals surface area contributed by atoms with Crippen LogP contribution >= 0.6 is 0 Å². The van der Waals surface area contributed by atoms with Crippen molar-refractivity contribution in [3.63, 3.8) is 0 Å². The largest absolute Gasteiger partial charge is 0.464 e. The molecule has 0 unspecified atom stereocenters. The van der Waals surface area contributed by atoms with Crippen LogP contribution in [0.15, 0.2) is 53.1 Å². The summed E-state index contributed by atoms with van der Waals surface area (Å²) in [4.78, 5) is 25.1. The van der Waals surface area contributed by atoms with Crippen LogP contribution in [0.2, 0.25) is 0 Å². The minimum atomic E-state index is -0.301. The van der Waals surface area contributed by atoms with Gasteiger partial charge < -0.3 is 23.7 Å². The number of para-hydroxylation sites is 1. The van der Waals surface area contributed by atoms with Crippen molar-refractivity contribution in [1.29, 1.82) is 0 Å². The number of carbonyl (C=O) groups excluding carboxylic acids is 1. The summed E-state index contributed by atoms with van der Waals surface area (Å²) in [7, 11) is 0. The Morgan fingerprint density at radius 1 is 1.06 bits per heavy atom. The fraction of sp³-hybridized carbons (Fsp3) is 0.370. The Bertz CT molecular complexity index is 1330. The molecule has 1 fully saturated rings. The molecule has 0 radical (unpaired) electrons. The van der Waals surface area contributed by atoms with Crippen LogP contribution in [0.3, 0.4) is 0 Å². The van der Waals surface area contributed by atoms with Crippen molar-refractivity contribution in [1.82, 2.24) is 14.9 Å². The molecular formula is C27H30N4O4. The van der Waals surface area contributed by atoms with Crippen molar-refractivity contribution >= 4 is 33.8 Å². The van der Waals surface area contributed by atoms with Gasteiger partial charge in [0.25, 0.3) is 0 Å². The number of furan rings is 1. The highest BCUT2D eigenvalue weighted by Gasteiger charge is 2.22. The molecule has 0 spiro atoms. The van der Waals surface area contributed by atoms with E-state index in [0.29, 0.717) is 32.3 Å². The van der Waals surface area contributed by atoms with E-state index in [1.807, 2.05) is 30.5 Å². The maximum absolute atomic E-state index is 11.7. The number of ether oxygens (including phenoxy) is 2. The molecule has 182 valence electrons. The molecule has 35 heavy (non-hydrogen) atoms. The lowest BCUT2D eigenvalue weighted by Crippen LogP contribution is -2.29. The Labute approximate surface area is 204 Å². The second-order valence-electron chi connectivity index (χ2n) is 8.64. The van der Waals surface area contributed by atoms with Gasteiger partial charge in [0.05, 0.1) is 24.9 Å². The van der Waals surface area contributed by atoms with Gasteiger partial charge in [0.2, 0.25) is 0 Å². The smallest absolute Gasteiger partial charge is 0.410 e. The first-order valence-corrected chi connectivity index (χ1v) is 12.3. The molecule has 0 saturated carbocycles. The molecule has 2 aromatic carbocycles. The monoisotopic (exact) mass is 474 g/mol. The van der Waals surface area contributed by atoms with E-state index in [-0.39, 0.29) is 6.09 Å². The molecule has 3 heterocycles. The molecule has 1 amide bonds. The Morgan fingerprint density at radius 3 is 2.66 bits per heavy atom. The number of hydrogen-bond donors (Lipinski definition) is 0. The van der Waals surface area contributed by atoms with Gasteiger partial charge in [0.15, 0.2) is 0 Å². The van der Waals surface area contributed by atoms with E-state index in [2.05, 4.69) is 41.9 Å². The summed E-state index contributed by atoms with van der Waals surface area (Å²) < 4.78 is 16.7. The fourth-order valence-electron chi connectivity index (χ4n) is 4.51. The molecule has 1 aliphatic heterocycles. The average Bonchev–Trinajstić information content (AvgIpc) is 3.49. The number of carbonyl (C=O) groups is 1. The number of benzene rings is 2. The lowest BCUT2D eigenvalue weighted by atomic mass is 10.0. The number of nitrogens with zero attached hydrogens (tertiary/aromatic N) is 4. The molecule has 1 saturated heterocycles. The number of hydrogen-bond acceptors (Lipinski definition) is 7. The molecule has 8 heteroatoms. The Hall–Kier alpha value is -3.81. The second kappa shape index (κ2) is 10.2. The first-order chi connectivity index (χ1) is 17.2. The van der Waals surface area contributed by atoms with Gasteiger partial charge in [-0.05, 0) is 36.6 Å². The van der Waals surface area contributed by atoms with Crippen LogP contribution < -0.4 is 9.64 Å². The quantitative estimate of drug-likeness (QED) is 0.300. The summed E-state index contributed by atoms with van der Waals surface area (Å²) in [5, 5.41) is 2.05. The van der Waals surface area contributed by atoms with Gasteiger partial charge in [0.1, 0.15) is 24.6 Å². The zero-order chi connectivity index (χ0) is 24.2. The molecule has 0 bridgehead atoms. The number of anilines is 1. The number of rotatable bonds is 10. The van der Waals surface area contributed by atoms with Gasteiger partial charge in [0, 0.05) is 29.4 Å². The number of fused-ring (bicyclic) bond motifs is 2. The van der Waals surface area contributed by atoms with Gasteiger partial charge in [-0.15, -0.1) is 0 Å². The second-order valence-corrected chi connectivity index (χ2v) is 8.64. The highest BCUT2D eigenvalue weighted by Crippen LogP contribution is 2.35. The van der Waals surface area contributed by atoms with Crippen molar-refractivity contribution in [3.05, 3.63) is 48.7 Å². The number of amides is 1. The third-order valence-electron chi connectivity index (χ3n) is 6.17. The van der Waals surface area contributed by atoms with Crippen LogP contribution in [0, 0.1) is 0 Å². The lowest BCUT2D eigenvalue weighted by molar-refractivity contribution is 0.152. The zero-order valence-corrected chi connectivity index (χ0v) is 20.2. The lowest BCUT2D eigenvalue weighted by Gasteiger charge is -2.24. The summed E-state index contributed by atoms with van der Waals surface area (Å²) >= 11 is 0. The first-order valence-electron chi connectivity index (χ1n) is 12.3. The van der Waals surface area contributed by atoms with Gasteiger partial charge in [-0.25, -0.2) is 4.79 Å². The summed E-state index contributed by atoms with van der Waals surface area (Å²) in [6.45, 7) is 7.86. The summed E-state index contributed by atoms with van der Waals surface area (Å²) in [5.74, 6) is 0.865. The molecule has 8 nitrogen and oxygen atoms in total. The number of cyclic esters (lactones) is 1. The fourth-order valence-corrected chi connectivity index (χ4v) is 4.51. The minimum absolute atomic E-state index is 0.301. The highest BCUT2D eigenvalue weighted by atomic mass is 16.6. The third kappa shape index (κ3) is 4.73. The zero-order valence-electron chi connectivity index (χ0n) is 20.2. The van der Waals surface area contributed by atoms with Crippen LogP contribution in [-0.4, -0.2) is 60.4 Å². The normalized spacial score (nSPS) is 13.5. The van der Waals surface area contributed by atoms with Gasteiger partial charge in [-0.2, -0.15) is 9.97 Å². The third-order valence-corrected chi connectivity index (χ3v) is 6.17. The Kier molecular flexibility index (Phi) is 6.70. The summed E-state index contributed by atoms with van der Waals surface area (Å²) in [6.07, 6.45) is 3.52.